The molecule has 0 saturated heterocycles. The summed E-state index contributed by atoms with van der Waals surface area (Å²) in [6.45, 7) is 2.22. The van der Waals surface area contributed by atoms with Gasteiger partial charge >= 0.3 is 0 Å². The number of nitriles is 1. The van der Waals surface area contributed by atoms with Gasteiger partial charge in [0, 0.05) is 11.2 Å². The summed E-state index contributed by atoms with van der Waals surface area (Å²) in [5.41, 5.74) is 0. The van der Waals surface area contributed by atoms with Crippen molar-refractivity contribution in [3.05, 3.63) is 0 Å². The van der Waals surface area contributed by atoms with Crippen LogP contribution in [-0.2, 0) is 0 Å². The van der Waals surface area contributed by atoms with Crippen LogP contribution in [0.15, 0.2) is 0 Å². The highest BCUT2D eigenvalue weighted by molar-refractivity contribution is 9.09. The quantitative estimate of drug-likeness (QED) is 0.480. The lowest BCUT2D eigenvalue weighted by molar-refractivity contribution is 0.612. The van der Waals surface area contributed by atoms with E-state index >= 15 is 0 Å². The normalized spacial score (nSPS) is 12.4. The Morgan fingerprint density at radius 1 is 1.25 bits per heavy atom. The lowest BCUT2D eigenvalue weighted by Gasteiger charge is -2.06. The Morgan fingerprint density at radius 2 is 1.92 bits per heavy atom. The average molecular weight is 232 g/mol. The Morgan fingerprint density at radius 3 is 2.50 bits per heavy atom. The molecule has 0 aromatic carbocycles. The van der Waals surface area contributed by atoms with E-state index in [4.69, 9.17) is 5.26 Å². The molecule has 70 valence electrons. The van der Waals surface area contributed by atoms with E-state index < -0.39 is 0 Å². The van der Waals surface area contributed by atoms with E-state index in [1.807, 2.05) is 0 Å². The van der Waals surface area contributed by atoms with E-state index in [9.17, 15) is 0 Å². The molecular formula is C10H18BrN. The summed E-state index contributed by atoms with van der Waals surface area (Å²) in [7, 11) is 0. The van der Waals surface area contributed by atoms with Crippen molar-refractivity contribution in [1.82, 2.24) is 0 Å². The predicted octanol–water partition coefficient (Wildman–Crippen LogP) is 4.02. The molecule has 0 N–H and O–H groups in total. The number of unbranched alkanes of at least 4 members (excludes halogenated alkanes) is 3. The molecular weight excluding hydrogens is 214 g/mol. The van der Waals surface area contributed by atoms with Gasteiger partial charge in [0.15, 0.2) is 0 Å². The van der Waals surface area contributed by atoms with Gasteiger partial charge in [0.05, 0.1) is 6.07 Å². The van der Waals surface area contributed by atoms with Crippen molar-refractivity contribution in [3.63, 3.8) is 0 Å². The first-order valence-electron chi connectivity index (χ1n) is 4.82. The standard InChI is InChI=1S/C10H18BrN/c1-2-3-7-10(11)8-5-4-6-9-12/h10H,2-8H2,1H3. The van der Waals surface area contributed by atoms with Gasteiger partial charge in [-0.25, -0.2) is 0 Å². The molecule has 0 fully saturated rings. The molecule has 2 heteroatoms. The minimum absolute atomic E-state index is 0.677. The first-order valence-corrected chi connectivity index (χ1v) is 5.73. The van der Waals surface area contributed by atoms with Crippen LogP contribution in [-0.4, -0.2) is 4.83 Å². The maximum atomic E-state index is 8.31. The monoisotopic (exact) mass is 231 g/mol. The predicted molar refractivity (Wildman–Crippen MR) is 56.3 cm³/mol. The van der Waals surface area contributed by atoms with Gasteiger partial charge in [-0.2, -0.15) is 5.26 Å². The number of alkyl halides is 1. The van der Waals surface area contributed by atoms with Crippen molar-refractivity contribution in [2.24, 2.45) is 0 Å². The highest BCUT2D eigenvalue weighted by Gasteiger charge is 2.01. The summed E-state index contributed by atoms with van der Waals surface area (Å²) in [6, 6.07) is 2.17. The van der Waals surface area contributed by atoms with Gasteiger partial charge in [-0.1, -0.05) is 42.1 Å². The van der Waals surface area contributed by atoms with Gasteiger partial charge in [-0.15, -0.1) is 0 Å². The van der Waals surface area contributed by atoms with Crippen LogP contribution in [0.1, 0.15) is 51.9 Å². The van der Waals surface area contributed by atoms with Crippen molar-refractivity contribution in [2.75, 3.05) is 0 Å². The van der Waals surface area contributed by atoms with Crippen LogP contribution in [0.2, 0.25) is 0 Å². The Balaban J connectivity index is 3.09. The SMILES string of the molecule is CCCCC(Br)CCCCC#N. The zero-order valence-corrected chi connectivity index (χ0v) is 9.44. The Hall–Kier alpha value is -0.0300. The zero-order valence-electron chi connectivity index (χ0n) is 7.85. The highest BCUT2D eigenvalue weighted by atomic mass is 79.9. The van der Waals surface area contributed by atoms with Gasteiger partial charge in [-0.05, 0) is 19.3 Å². The summed E-state index contributed by atoms with van der Waals surface area (Å²) >= 11 is 3.65. The minimum atomic E-state index is 0.677. The van der Waals surface area contributed by atoms with Crippen LogP contribution < -0.4 is 0 Å². The maximum Gasteiger partial charge on any atom is 0.0621 e. The molecule has 12 heavy (non-hydrogen) atoms. The second kappa shape index (κ2) is 9.06. The van der Waals surface area contributed by atoms with Gasteiger partial charge in [0.2, 0.25) is 0 Å². The third-order valence-corrected chi connectivity index (χ3v) is 2.84. The number of rotatable bonds is 7. The molecule has 0 bridgehead atoms. The summed E-state index contributed by atoms with van der Waals surface area (Å²) in [5.74, 6) is 0. The molecule has 0 rings (SSSR count). The molecule has 0 saturated carbocycles. The van der Waals surface area contributed by atoms with Crippen molar-refractivity contribution >= 4 is 15.9 Å². The molecule has 0 aromatic rings. The van der Waals surface area contributed by atoms with E-state index in [0.717, 1.165) is 6.42 Å². The van der Waals surface area contributed by atoms with Crippen LogP contribution >= 0.6 is 15.9 Å². The molecule has 1 unspecified atom stereocenters. The Labute approximate surface area is 84.3 Å². The van der Waals surface area contributed by atoms with Crippen LogP contribution in [0.25, 0.3) is 0 Å². The first kappa shape index (κ1) is 12.0. The smallest absolute Gasteiger partial charge is 0.0621 e. The molecule has 0 spiro atoms. The Kier molecular flexibility index (Phi) is 9.04. The zero-order chi connectivity index (χ0) is 9.23. The van der Waals surface area contributed by atoms with Crippen LogP contribution in [0.5, 0.6) is 0 Å². The van der Waals surface area contributed by atoms with Crippen molar-refractivity contribution in [3.8, 4) is 6.07 Å². The fraction of sp³-hybridized carbons (Fsp3) is 0.900. The average Bonchev–Trinajstić information content (AvgIpc) is 2.09. The van der Waals surface area contributed by atoms with Crippen molar-refractivity contribution in [2.45, 2.75) is 56.7 Å². The molecule has 0 aliphatic carbocycles. The molecule has 0 amide bonds. The summed E-state index contributed by atoms with van der Waals surface area (Å²) < 4.78 is 0. The Bertz CT molecular complexity index is 128. The largest absolute Gasteiger partial charge is 0.198 e. The molecule has 0 aromatic heterocycles. The summed E-state index contributed by atoms with van der Waals surface area (Å²) in [6.07, 6.45) is 8.06. The molecule has 0 heterocycles. The lowest BCUT2D eigenvalue weighted by atomic mass is 10.1. The van der Waals surface area contributed by atoms with Gasteiger partial charge in [0.25, 0.3) is 0 Å². The number of hydrogen-bond acceptors (Lipinski definition) is 1. The van der Waals surface area contributed by atoms with Crippen LogP contribution in [0.3, 0.4) is 0 Å². The minimum Gasteiger partial charge on any atom is -0.198 e. The third-order valence-electron chi connectivity index (χ3n) is 1.93. The lowest BCUT2D eigenvalue weighted by Crippen LogP contribution is -1.96. The first-order chi connectivity index (χ1) is 5.81. The molecule has 1 nitrogen and oxygen atoms in total. The summed E-state index contributed by atoms with van der Waals surface area (Å²) in [5, 5.41) is 8.31. The van der Waals surface area contributed by atoms with E-state index in [2.05, 4.69) is 28.9 Å². The second-order valence-electron chi connectivity index (χ2n) is 3.14. The number of hydrogen-bond donors (Lipinski definition) is 0. The maximum absolute atomic E-state index is 8.31. The molecule has 0 aliphatic rings. The molecule has 1 atom stereocenters. The molecule has 0 radical (unpaired) electrons. The second-order valence-corrected chi connectivity index (χ2v) is 4.44. The fourth-order valence-electron chi connectivity index (χ4n) is 1.14. The van der Waals surface area contributed by atoms with E-state index in [0.29, 0.717) is 11.2 Å². The van der Waals surface area contributed by atoms with Gasteiger partial charge < -0.3 is 0 Å². The van der Waals surface area contributed by atoms with E-state index in [1.54, 1.807) is 0 Å². The van der Waals surface area contributed by atoms with Crippen molar-refractivity contribution in [1.29, 1.82) is 5.26 Å². The van der Waals surface area contributed by atoms with Gasteiger partial charge in [-0.3, -0.25) is 0 Å². The van der Waals surface area contributed by atoms with E-state index in [1.165, 1.54) is 32.1 Å². The number of nitrogens with zero attached hydrogens (tertiary/aromatic N) is 1. The summed E-state index contributed by atoms with van der Waals surface area (Å²) in [4.78, 5) is 0.677. The van der Waals surface area contributed by atoms with Crippen LogP contribution in [0, 0.1) is 11.3 Å². The highest BCUT2D eigenvalue weighted by Crippen LogP contribution is 2.16. The number of halogens is 1. The van der Waals surface area contributed by atoms with Crippen molar-refractivity contribution < 1.29 is 0 Å². The fourth-order valence-corrected chi connectivity index (χ4v) is 1.79. The van der Waals surface area contributed by atoms with Gasteiger partial charge in [0.1, 0.15) is 0 Å². The third kappa shape index (κ3) is 8.07. The molecule has 0 aliphatic heterocycles. The van der Waals surface area contributed by atoms with Crippen LogP contribution in [0.4, 0.5) is 0 Å². The topological polar surface area (TPSA) is 23.8 Å². The van der Waals surface area contributed by atoms with E-state index in [-0.39, 0.29) is 0 Å².